The maximum Gasteiger partial charge on any atom is 0.339 e. The Morgan fingerprint density at radius 2 is 1.61 bits per heavy atom. The molecule has 1 fully saturated rings. The van der Waals surface area contributed by atoms with Gasteiger partial charge >= 0.3 is 5.97 Å². The van der Waals surface area contributed by atoms with E-state index in [0.717, 1.165) is 19.3 Å². The molecule has 0 aliphatic heterocycles. The maximum atomic E-state index is 13.0. The van der Waals surface area contributed by atoms with Crippen LogP contribution in [0.1, 0.15) is 75.3 Å². The predicted octanol–water partition coefficient (Wildman–Crippen LogP) is 3.56. The van der Waals surface area contributed by atoms with Gasteiger partial charge in [-0.25, -0.2) is 4.79 Å². The summed E-state index contributed by atoms with van der Waals surface area (Å²) in [6.45, 7) is 3.87. The molecule has 0 spiro atoms. The van der Waals surface area contributed by atoms with Gasteiger partial charge in [0.1, 0.15) is 0 Å². The molecule has 0 aromatic heterocycles. The van der Waals surface area contributed by atoms with E-state index in [1.54, 1.807) is 30.3 Å². The SMILES string of the molecule is C[C@H]1[C@H](C)CCC[C@@H]1NC(=O)COC(=O)c1cccc2c1C(=O)c1ccccc1C2=O. The zero-order valence-electron chi connectivity index (χ0n) is 17.6. The molecule has 3 atom stereocenters. The second kappa shape index (κ2) is 8.46. The van der Waals surface area contributed by atoms with Crippen molar-refractivity contribution >= 4 is 23.4 Å². The molecule has 1 N–H and O–H groups in total. The molecule has 1 saturated carbocycles. The summed E-state index contributed by atoms with van der Waals surface area (Å²) < 4.78 is 5.22. The van der Waals surface area contributed by atoms with Crippen molar-refractivity contribution in [1.82, 2.24) is 5.32 Å². The van der Waals surface area contributed by atoms with Crippen LogP contribution in [-0.2, 0) is 9.53 Å². The molecule has 0 saturated heterocycles. The van der Waals surface area contributed by atoms with Crippen molar-refractivity contribution in [1.29, 1.82) is 0 Å². The van der Waals surface area contributed by atoms with Gasteiger partial charge in [-0.1, -0.05) is 63.1 Å². The van der Waals surface area contributed by atoms with Gasteiger partial charge in [0, 0.05) is 28.3 Å². The lowest BCUT2D eigenvalue weighted by molar-refractivity contribution is -0.125. The van der Waals surface area contributed by atoms with E-state index in [0.29, 0.717) is 17.4 Å². The fraction of sp³-hybridized carbons (Fsp3) is 0.360. The summed E-state index contributed by atoms with van der Waals surface area (Å²) in [5, 5.41) is 2.96. The molecule has 2 aliphatic rings. The predicted molar refractivity (Wildman–Crippen MR) is 114 cm³/mol. The Hall–Kier alpha value is -3.28. The van der Waals surface area contributed by atoms with Crippen LogP contribution in [0.4, 0.5) is 0 Å². The van der Waals surface area contributed by atoms with Crippen molar-refractivity contribution in [3.63, 3.8) is 0 Å². The molecule has 6 nitrogen and oxygen atoms in total. The van der Waals surface area contributed by atoms with Crippen LogP contribution in [0.5, 0.6) is 0 Å². The van der Waals surface area contributed by atoms with Crippen LogP contribution in [0.2, 0.25) is 0 Å². The van der Waals surface area contributed by atoms with Crippen LogP contribution < -0.4 is 5.32 Å². The van der Waals surface area contributed by atoms with Crippen molar-refractivity contribution in [3.8, 4) is 0 Å². The minimum Gasteiger partial charge on any atom is -0.452 e. The molecular formula is C25H25NO5. The topological polar surface area (TPSA) is 89.5 Å². The quantitative estimate of drug-likeness (QED) is 0.653. The smallest absolute Gasteiger partial charge is 0.339 e. The van der Waals surface area contributed by atoms with E-state index in [9.17, 15) is 19.2 Å². The first-order valence-electron chi connectivity index (χ1n) is 10.7. The van der Waals surface area contributed by atoms with Gasteiger partial charge < -0.3 is 10.1 Å². The Kier molecular flexibility index (Phi) is 5.72. The van der Waals surface area contributed by atoms with Gasteiger partial charge in [0.05, 0.1) is 5.56 Å². The first kappa shape index (κ1) is 21.0. The number of carbonyl (C=O) groups excluding carboxylic acids is 4. The molecule has 2 aliphatic carbocycles. The Bertz CT molecular complexity index is 1070. The molecule has 2 aromatic rings. The largest absolute Gasteiger partial charge is 0.452 e. The van der Waals surface area contributed by atoms with E-state index >= 15 is 0 Å². The van der Waals surface area contributed by atoms with Crippen LogP contribution in [-0.4, -0.2) is 36.1 Å². The number of hydrogen-bond donors (Lipinski definition) is 1. The van der Waals surface area contributed by atoms with E-state index in [1.807, 2.05) is 0 Å². The number of benzene rings is 2. The third-order valence-corrected chi connectivity index (χ3v) is 6.56. The molecule has 160 valence electrons. The highest BCUT2D eigenvalue weighted by atomic mass is 16.5. The Labute approximate surface area is 181 Å². The first-order valence-corrected chi connectivity index (χ1v) is 10.7. The lowest BCUT2D eigenvalue weighted by Crippen LogP contribution is -2.45. The molecule has 6 heteroatoms. The molecule has 31 heavy (non-hydrogen) atoms. The Morgan fingerprint density at radius 3 is 2.35 bits per heavy atom. The standard InChI is InChI=1S/C25H25NO5/c1-14-7-5-12-20(15(14)2)26-21(27)13-31-25(30)19-11-6-10-18-22(19)24(29)17-9-4-3-8-16(17)23(18)28/h3-4,6,8-11,14-15,20H,5,7,12-13H2,1-2H3,(H,26,27)/t14-,15+,20+/m1/s1. The number of nitrogens with one attached hydrogen (secondary N) is 1. The van der Waals surface area contributed by atoms with E-state index in [4.69, 9.17) is 4.74 Å². The molecular weight excluding hydrogens is 394 g/mol. The zero-order chi connectivity index (χ0) is 22.1. The Balaban J connectivity index is 1.48. The summed E-state index contributed by atoms with van der Waals surface area (Å²) in [7, 11) is 0. The van der Waals surface area contributed by atoms with Gasteiger partial charge in [-0.05, 0) is 24.3 Å². The summed E-state index contributed by atoms with van der Waals surface area (Å²) in [6.07, 6.45) is 3.12. The molecule has 0 heterocycles. The number of esters is 1. The average molecular weight is 419 g/mol. The van der Waals surface area contributed by atoms with Crippen LogP contribution in [0.3, 0.4) is 0 Å². The van der Waals surface area contributed by atoms with Crippen LogP contribution in [0, 0.1) is 11.8 Å². The van der Waals surface area contributed by atoms with Crippen molar-refractivity contribution in [2.75, 3.05) is 6.61 Å². The van der Waals surface area contributed by atoms with E-state index in [1.165, 1.54) is 12.1 Å². The second-order valence-corrected chi connectivity index (χ2v) is 8.45. The van der Waals surface area contributed by atoms with Crippen LogP contribution in [0.25, 0.3) is 0 Å². The monoisotopic (exact) mass is 419 g/mol. The first-order chi connectivity index (χ1) is 14.9. The van der Waals surface area contributed by atoms with Gasteiger partial charge in [-0.3, -0.25) is 14.4 Å². The summed E-state index contributed by atoms with van der Waals surface area (Å²) in [5.74, 6) is -0.971. The minimum atomic E-state index is -0.794. The number of ether oxygens (including phenoxy) is 1. The normalized spacial score (nSPS) is 22.3. The molecule has 0 bridgehead atoms. The van der Waals surface area contributed by atoms with Gasteiger partial charge in [-0.2, -0.15) is 0 Å². The van der Waals surface area contributed by atoms with Crippen molar-refractivity contribution in [3.05, 3.63) is 70.3 Å². The third kappa shape index (κ3) is 3.90. The van der Waals surface area contributed by atoms with Crippen molar-refractivity contribution in [2.24, 2.45) is 11.8 Å². The minimum absolute atomic E-state index is 0.00203. The van der Waals surface area contributed by atoms with Gasteiger partial charge in [0.15, 0.2) is 18.2 Å². The molecule has 0 radical (unpaired) electrons. The summed E-state index contributed by atoms with van der Waals surface area (Å²) in [5.41, 5.74) is 0.788. The number of rotatable bonds is 4. The average Bonchev–Trinajstić information content (AvgIpc) is 2.78. The lowest BCUT2D eigenvalue weighted by Gasteiger charge is -2.34. The number of amides is 1. The maximum absolute atomic E-state index is 13.0. The highest BCUT2D eigenvalue weighted by Gasteiger charge is 2.33. The molecule has 2 aromatic carbocycles. The summed E-state index contributed by atoms with van der Waals surface area (Å²) >= 11 is 0. The highest BCUT2D eigenvalue weighted by molar-refractivity contribution is 6.30. The third-order valence-electron chi connectivity index (χ3n) is 6.56. The molecule has 4 rings (SSSR count). The van der Waals surface area contributed by atoms with E-state index < -0.39 is 18.4 Å². The fourth-order valence-electron chi connectivity index (χ4n) is 4.56. The number of carbonyl (C=O) groups is 4. The van der Waals surface area contributed by atoms with Crippen LogP contribution >= 0.6 is 0 Å². The number of fused-ring (bicyclic) bond motifs is 2. The van der Waals surface area contributed by atoms with Crippen molar-refractivity contribution in [2.45, 2.75) is 39.2 Å². The zero-order valence-corrected chi connectivity index (χ0v) is 17.6. The van der Waals surface area contributed by atoms with Crippen LogP contribution in [0.15, 0.2) is 42.5 Å². The van der Waals surface area contributed by atoms with E-state index in [-0.39, 0.29) is 40.0 Å². The van der Waals surface area contributed by atoms with Gasteiger partial charge in [0.25, 0.3) is 5.91 Å². The summed E-state index contributed by atoms with van der Waals surface area (Å²) in [4.78, 5) is 50.9. The Morgan fingerprint density at radius 1 is 0.935 bits per heavy atom. The van der Waals surface area contributed by atoms with Gasteiger partial charge in [-0.15, -0.1) is 0 Å². The fourth-order valence-corrected chi connectivity index (χ4v) is 4.56. The van der Waals surface area contributed by atoms with Crippen molar-refractivity contribution < 1.29 is 23.9 Å². The number of ketones is 2. The molecule has 0 unspecified atom stereocenters. The second-order valence-electron chi connectivity index (χ2n) is 8.45. The highest BCUT2D eigenvalue weighted by Crippen LogP contribution is 2.30. The number of hydrogen-bond acceptors (Lipinski definition) is 5. The summed E-state index contributed by atoms with van der Waals surface area (Å²) in [6, 6.07) is 11.1. The van der Waals surface area contributed by atoms with Gasteiger partial charge in [0.2, 0.25) is 0 Å². The van der Waals surface area contributed by atoms with E-state index in [2.05, 4.69) is 19.2 Å². The lowest BCUT2D eigenvalue weighted by atomic mass is 9.78. The molecule has 1 amide bonds.